The number of rotatable bonds is 5. The molecule has 0 unspecified atom stereocenters. The third-order valence-electron chi connectivity index (χ3n) is 3.41. The Hall–Kier alpha value is -3.88. The van der Waals surface area contributed by atoms with Gasteiger partial charge in [-0.05, 0) is 46.8 Å². The minimum Gasteiger partial charge on any atom is -0.322 e. The zero-order valence-electron chi connectivity index (χ0n) is 13.4. The fraction of sp³-hybridized carbons (Fsp3) is 0. The van der Waals surface area contributed by atoms with Crippen LogP contribution in [0.4, 0.5) is 15.8 Å². The molecule has 8 nitrogen and oxygen atoms in total. The molecule has 2 amide bonds. The van der Waals surface area contributed by atoms with Gasteiger partial charge in [0.25, 0.3) is 5.91 Å². The zero-order chi connectivity index (χ0) is 18.5. The lowest BCUT2D eigenvalue weighted by atomic mass is 10.1. The third kappa shape index (κ3) is 3.61. The number of nitrogens with one attached hydrogen (secondary N) is 2. The molecule has 26 heavy (non-hydrogen) atoms. The van der Waals surface area contributed by atoms with Crippen molar-refractivity contribution in [3.8, 4) is 5.69 Å². The number of hydrogen-bond donors (Lipinski definition) is 2. The van der Waals surface area contributed by atoms with E-state index in [0.717, 1.165) is 12.1 Å². The molecule has 0 radical (unpaired) electrons. The molecule has 0 aliphatic heterocycles. The van der Waals surface area contributed by atoms with E-state index in [4.69, 9.17) is 0 Å². The average molecular weight is 352 g/mol. The van der Waals surface area contributed by atoms with Gasteiger partial charge in [-0.3, -0.25) is 9.59 Å². The monoisotopic (exact) mass is 352 g/mol. The van der Waals surface area contributed by atoms with Crippen LogP contribution in [-0.4, -0.2) is 32.0 Å². The normalized spacial score (nSPS) is 10.2. The molecule has 0 saturated heterocycles. The van der Waals surface area contributed by atoms with Crippen molar-refractivity contribution in [1.29, 1.82) is 0 Å². The summed E-state index contributed by atoms with van der Waals surface area (Å²) in [5.41, 5.74) is 1.04. The molecule has 0 aliphatic carbocycles. The summed E-state index contributed by atoms with van der Waals surface area (Å²) in [5, 5.41) is 15.9. The Labute approximate surface area is 147 Å². The van der Waals surface area contributed by atoms with E-state index >= 15 is 0 Å². The van der Waals surface area contributed by atoms with E-state index in [-0.39, 0.29) is 5.69 Å². The smallest absolute Gasteiger partial charge is 0.257 e. The lowest BCUT2D eigenvalue weighted by Crippen LogP contribution is -2.16. The maximum atomic E-state index is 13.8. The molecule has 3 aromatic rings. The van der Waals surface area contributed by atoms with E-state index in [2.05, 4.69) is 32.7 Å². The van der Waals surface area contributed by atoms with Gasteiger partial charge >= 0.3 is 0 Å². The van der Waals surface area contributed by atoms with E-state index in [9.17, 15) is 14.0 Å². The molecule has 2 N–H and O–H groups in total. The molecular weight excluding hydrogens is 339 g/mol. The number of carbonyl (C=O) groups excluding carboxylic acids is 2. The van der Waals surface area contributed by atoms with Gasteiger partial charge in [0.05, 0.1) is 16.9 Å². The van der Waals surface area contributed by atoms with Crippen LogP contribution in [-0.2, 0) is 4.79 Å². The fourth-order valence-corrected chi connectivity index (χ4v) is 2.22. The second-order valence-electron chi connectivity index (χ2n) is 5.11. The highest BCUT2D eigenvalue weighted by atomic mass is 19.1. The first-order chi connectivity index (χ1) is 12.6. The van der Waals surface area contributed by atoms with Crippen LogP contribution in [0.15, 0.2) is 61.4 Å². The second-order valence-corrected chi connectivity index (χ2v) is 5.11. The summed E-state index contributed by atoms with van der Waals surface area (Å²) < 4.78 is 15.1. The van der Waals surface area contributed by atoms with Gasteiger partial charge in [-0.1, -0.05) is 18.7 Å². The van der Waals surface area contributed by atoms with Crippen molar-refractivity contribution in [2.24, 2.45) is 0 Å². The molecular formula is C17H13FN6O2. The Balaban J connectivity index is 1.86. The van der Waals surface area contributed by atoms with Gasteiger partial charge in [-0.15, -0.1) is 5.10 Å². The topological polar surface area (TPSA) is 102 Å². The number of hydrogen-bond acceptors (Lipinski definition) is 5. The SMILES string of the molecule is C=CC(=O)Nc1cc(NC(=O)c2ccccc2-n2cnnn2)ccc1F. The Kier molecular flexibility index (Phi) is 4.79. The van der Waals surface area contributed by atoms with Gasteiger partial charge < -0.3 is 10.6 Å². The Morgan fingerprint density at radius 1 is 1.15 bits per heavy atom. The van der Waals surface area contributed by atoms with Crippen molar-refractivity contribution >= 4 is 23.2 Å². The standard InChI is InChI=1S/C17H13FN6O2/c1-2-16(25)21-14-9-11(7-8-13(14)18)20-17(26)12-5-3-4-6-15(12)24-10-19-22-23-24/h2-10H,1H2,(H,20,26)(H,21,25). The van der Waals surface area contributed by atoms with Gasteiger partial charge in [-0.25, -0.2) is 4.39 Å². The lowest BCUT2D eigenvalue weighted by molar-refractivity contribution is -0.111. The van der Waals surface area contributed by atoms with Gasteiger partial charge in [0.2, 0.25) is 5.91 Å². The van der Waals surface area contributed by atoms with Crippen LogP contribution in [0.1, 0.15) is 10.4 Å². The number of amides is 2. The average Bonchev–Trinajstić information content (AvgIpc) is 3.19. The predicted octanol–water partition coefficient (Wildman–Crippen LogP) is 2.18. The Morgan fingerprint density at radius 2 is 1.96 bits per heavy atom. The number of anilines is 2. The van der Waals surface area contributed by atoms with E-state index in [0.29, 0.717) is 16.9 Å². The number of benzene rings is 2. The minimum absolute atomic E-state index is 0.0681. The summed E-state index contributed by atoms with van der Waals surface area (Å²) in [6.07, 6.45) is 2.39. The van der Waals surface area contributed by atoms with Crippen molar-refractivity contribution in [3.63, 3.8) is 0 Å². The highest BCUT2D eigenvalue weighted by Crippen LogP contribution is 2.21. The maximum Gasteiger partial charge on any atom is 0.257 e. The molecule has 1 aromatic heterocycles. The minimum atomic E-state index is -0.632. The van der Waals surface area contributed by atoms with Crippen molar-refractivity contribution in [2.75, 3.05) is 10.6 Å². The fourth-order valence-electron chi connectivity index (χ4n) is 2.22. The zero-order valence-corrected chi connectivity index (χ0v) is 13.4. The second kappa shape index (κ2) is 7.34. The Morgan fingerprint density at radius 3 is 2.69 bits per heavy atom. The van der Waals surface area contributed by atoms with Crippen LogP contribution in [0.3, 0.4) is 0 Å². The van der Waals surface area contributed by atoms with Crippen LogP contribution in [0.2, 0.25) is 0 Å². The summed E-state index contributed by atoms with van der Waals surface area (Å²) >= 11 is 0. The van der Waals surface area contributed by atoms with E-state index in [1.165, 1.54) is 23.1 Å². The number of tetrazole rings is 1. The number of carbonyl (C=O) groups is 2. The number of nitrogens with zero attached hydrogens (tertiary/aromatic N) is 4. The molecule has 0 bridgehead atoms. The van der Waals surface area contributed by atoms with Crippen LogP contribution < -0.4 is 10.6 Å². The van der Waals surface area contributed by atoms with Gasteiger partial charge in [0.1, 0.15) is 12.1 Å². The molecule has 9 heteroatoms. The first-order valence-electron chi connectivity index (χ1n) is 7.45. The third-order valence-corrected chi connectivity index (χ3v) is 3.41. The first kappa shape index (κ1) is 17.0. The molecule has 2 aromatic carbocycles. The first-order valence-corrected chi connectivity index (χ1v) is 7.45. The van der Waals surface area contributed by atoms with Gasteiger partial charge in [0, 0.05) is 5.69 Å². The molecule has 3 rings (SSSR count). The number of halogens is 1. The lowest BCUT2D eigenvalue weighted by Gasteiger charge is -2.11. The summed E-state index contributed by atoms with van der Waals surface area (Å²) in [7, 11) is 0. The highest BCUT2D eigenvalue weighted by molar-refractivity contribution is 6.07. The molecule has 0 saturated carbocycles. The van der Waals surface area contributed by atoms with Crippen molar-refractivity contribution in [2.45, 2.75) is 0 Å². The van der Waals surface area contributed by atoms with Crippen molar-refractivity contribution < 1.29 is 14.0 Å². The van der Waals surface area contributed by atoms with E-state index in [1.54, 1.807) is 24.3 Å². The van der Waals surface area contributed by atoms with Gasteiger partial charge in [0.15, 0.2) is 0 Å². The quantitative estimate of drug-likeness (QED) is 0.685. The Bertz CT molecular complexity index is 971. The molecule has 1 heterocycles. The number of aromatic nitrogens is 4. The summed E-state index contributed by atoms with van der Waals surface area (Å²) in [4.78, 5) is 24.0. The summed E-state index contributed by atoms with van der Waals surface area (Å²) in [6, 6.07) is 10.6. The van der Waals surface area contributed by atoms with Crippen molar-refractivity contribution in [3.05, 3.63) is 72.8 Å². The van der Waals surface area contributed by atoms with Gasteiger partial charge in [-0.2, -0.15) is 4.68 Å². The van der Waals surface area contributed by atoms with Crippen LogP contribution in [0, 0.1) is 5.82 Å². The molecule has 0 atom stereocenters. The molecule has 130 valence electrons. The molecule has 0 spiro atoms. The largest absolute Gasteiger partial charge is 0.322 e. The van der Waals surface area contributed by atoms with E-state index < -0.39 is 17.6 Å². The maximum absolute atomic E-state index is 13.8. The van der Waals surface area contributed by atoms with Crippen molar-refractivity contribution in [1.82, 2.24) is 20.2 Å². The van der Waals surface area contributed by atoms with Crippen LogP contribution in [0.25, 0.3) is 5.69 Å². The summed E-state index contributed by atoms with van der Waals surface area (Å²) in [5.74, 6) is -1.63. The predicted molar refractivity (Wildman–Crippen MR) is 92.3 cm³/mol. The summed E-state index contributed by atoms with van der Waals surface area (Å²) in [6.45, 7) is 3.31. The van der Waals surface area contributed by atoms with Crippen LogP contribution >= 0.6 is 0 Å². The van der Waals surface area contributed by atoms with Crippen LogP contribution in [0.5, 0.6) is 0 Å². The molecule has 0 aliphatic rings. The number of para-hydroxylation sites is 1. The van der Waals surface area contributed by atoms with E-state index in [1.807, 2.05) is 0 Å². The highest BCUT2D eigenvalue weighted by Gasteiger charge is 2.14. The molecule has 0 fully saturated rings.